The third-order valence-corrected chi connectivity index (χ3v) is 9.07. The predicted molar refractivity (Wildman–Crippen MR) is 180 cm³/mol. The number of hydrogen-bond acceptors (Lipinski definition) is 8. The Hall–Kier alpha value is -4.52. The number of carbonyl (C=O) groups excluding carboxylic acids is 1. The molecule has 2 aliphatic heterocycles. The van der Waals surface area contributed by atoms with Gasteiger partial charge >= 0.3 is 12.4 Å². The van der Waals surface area contributed by atoms with E-state index in [4.69, 9.17) is 30.5 Å². The van der Waals surface area contributed by atoms with Crippen LogP contribution in [0.3, 0.4) is 0 Å². The maximum absolute atomic E-state index is 13.2. The summed E-state index contributed by atoms with van der Waals surface area (Å²) in [5.74, 6) is 0.898. The molecule has 0 spiro atoms. The first-order valence-electron chi connectivity index (χ1n) is 15.1. The van der Waals surface area contributed by atoms with Crippen molar-refractivity contribution in [2.75, 3.05) is 11.9 Å². The molecule has 4 aromatic carbocycles. The molecule has 13 heteroatoms. The molecule has 0 radical (unpaired) electrons. The highest BCUT2D eigenvalue weighted by atomic mass is 32.5. The highest BCUT2D eigenvalue weighted by molar-refractivity contribution is 8.06. The minimum absolute atomic E-state index is 0.0411. The molecule has 11 nitrogen and oxygen atoms in total. The number of fused-ring (bicyclic) bond motifs is 2. The molecule has 0 saturated carbocycles. The van der Waals surface area contributed by atoms with E-state index in [0.717, 1.165) is 16.7 Å². The molecule has 3 heterocycles. The number of aromatic nitrogens is 2. The molecular weight excluding hydrogens is 653 g/mol. The highest BCUT2D eigenvalue weighted by Crippen LogP contribution is 2.53. The Bertz CT molecular complexity index is 2010. The second-order valence-electron chi connectivity index (χ2n) is 11.3. The maximum atomic E-state index is 13.2. The van der Waals surface area contributed by atoms with Gasteiger partial charge in [0, 0.05) is 29.3 Å². The quantitative estimate of drug-likeness (QED) is 0.171. The second-order valence-corrected chi connectivity index (χ2v) is 13.9. The molecule has 1 amide bonds. The number of para-hydroxylation sites is 2. The molecule has 3 atom stereocenters. The van der Waals surface area contributed by atoms with E-state index in [1.54, 1.807) is 30.3 Å². The third-order valence-electron chi connectivity index (χ3n) is 8.27. The molecule has 1 aromatic heterocycles. The van der Waals surface area contributed by atoms with Crippen molar-refractivity contribution in [3.8, 4) is 11.5 Å². The molecule has 48 heavy (non-hydrogen) atoms. The summed E-state index contributed by atoms with van der Waals surface area (Å²) < 4.78 is 26.4. The average molecular weight is 684 g/mol. The summed E-state index contributed by atoms with van der Waals surface area (Å²) in [4.78, 5) is 50.1. The van der Waals surface area contributed by atoms with Crippen molar-refractivity contribution in [2.24, 2.45) is 0 Å². The fourth-order valence-electron chi connectivity index (χ4n) is 6.17. The normalized spacial score (nSPS) is 19.5. The summed E-state index contributed by atoms with van der Waals surface area (Å²) >= 11 is 4.83. The number of hydrogen-bond donors (Lipinski definition) is 3. The average Bonchev–Trinajstić information content (AvgIpc) is 3.48. The van der Waals surface area contributed by atoms with Crippen LogP contribution in [0.15, 0.2) is 126 Å². The molecule has 0 unspecified atom stereocenters. The molecule has 244 valence electrons. The number of benzene rings is 4. The highest BCUT2D eigenvalue weighted by Gasteiger charge is 2.47. The molecular formula is C35H30N3O8PS. The Kier molecular flexibility index (Phi) is 8.80. The van der Waals surface area contributed by atoms with E-state index < -0.39 is 42.4 Å². The maximum Gasteiger partial charge on any atom is 0.351 e. The van der Waals surface area contributed by atoms with Gasteiger partial charge < -0.3 is 33.8 Å². The van der Waals surface area contributed by atoms with Crippen LogP contribution in [0.25, 0.3) is 0 Å². The molecule has 3 N–H and O–H groups in total. The van der Waals surface area contributed by atoms with Gasteiger partial charge in [0.2, 0.25) is 0 Å². The van der Waals surface area contributed by atoms with Gasteiger partial charge in [-0.1, -0.05) is 84.9 Å². The van der Waals surface area contributed by atoms with Crippen LogP contribution in [0.5, 0.6) is 11.5 Å². The van der Waals surface area contributed by atoms with Crippen LogP contribution in [-0.2, 0) is 31.4 Å². The van der Waals surface area contributed by atoms with Crippen molar-refractivity contribution in [3.63, 3.8) is 0 Å². The van der Waals surface area contributed by atoms with Gasteiger partial charge in [0.25, 0.3) is 5.91 Å². The van der Waals surface area contributed by atoms with Gasteiger partial charge in [0.05, 0.1) is 12.7 Å². The van der Waals surface area contributed by atoms with E-state index in [2.05, 4.69) is 10.3 Å². The molecule has 1 fully saturated rings. The summed E-state index contributed by atoms with van der Waals surface area (Å²) in [6.07, 6.45) is -1.25. The summed E-state index contributed by atoms with van der Waals surface area (Å²) in [5, 5.41) is 2.62. The molecule has 5 aromatic rings. The van der Waals surface area contributed by atoms with Crippen LogP contribution >= 0.6 is 6.72 Å². The monoisotopic (exact) mass is 683 g/mol. The Morgan fingerprint density at radius 1 is 0.917 bits per heavy atom. The lowest BCUT2D eigenvalue weighted by Crippen LogP contribution is -2.40. The van der Waals surface area contributed by atoms with Gasteiger partial charge in [-0.3, -0.25) is 9.36 Å². The Balaban J connectivity index is 1.20. The lowest BCUT2D eigenvalue weighted by Gasteiger charge is -2.41. The van der Waals surface area contributed by atoms with Gasteiger partial charge in [-0.05, 0) is 47.7 Å². The van der Waals surface area contributed by atoms with Gasteiger partial charge in [0.1, 0.15) is 29.6 Å². The van der Waals surface area contributed by atoms with E-state index in [1.807, 2.05) is 78.9 Å². The summed E-state index contributed by atoms with van der Waals surface area (Å²) in [5.41, 5.74) is 0.954. The van der Waals surface area contributed by atoms with Crippen LogP contribution in [0, 0.1) is 0 Å². The van der Waals surface area contributed by atoms with E-state index >= 15 is 0 Å². The predicted octanol–water partition coefficient (Wildman–Crippen LogP) is 5.49. The van der Waals surface area contributed by atoms with Crippen LogP contribution < -0.4 is 15.7 Å². The molecule has 7 rings (SSSR count). The smallest absolute Gasteiger partial charge is 0.351 e. The van der Waals surface area contributed by atoms with Crippen molar-refractivity contribution < 1.29 is 33.3 Å². The van der Waals surface area contributed by atoms with E-state index in [-0.39, 0.29) is 18.8 Å². The molecule has 1 saturated heterocycles. The van der Waals surface area contributed by atoms with E-state index in [0.29, 0.717) is 17.1 Å². The summed E-state index contributed by atoms with van der Waals surface area (Å²) in [6.45, 7) is -4.24. The van der Waals surface area contributed by atoms with Crippen LogP contribution in [-0.4, -0.2) is 44.1 Å². The first kappa shape index (κ1) is 32.0. The summed E-state index contributed by atoms with van der Waals surface area (Å²) in [6, 6.07) is 35.0. The number of nitrogens with one attached hydrogen (secondary N) is 1. The van der Waals surface area contributed by atoms with Gasteiger partial charge in [-0.25, -0.2) is 4.79 Å². The minimum atomic E-state index is -4.15. The lowest BCUT2D eigenvalue weighted by atomic mass is 9.77. The number of rotatable bonds is 9. The zero-order chi connectivity index (χ0) is 33.3. The van der Waals surface area contributed by atoms with Crippen molar-refractivity contribution in [1.82, 2.24) is 9.55 Å². The second kappa shape index (κ2) is 13.2. The number of anilines is 1. The third kappa shape index (κ3) is 6.35. The number of amides is 1. The first-order valence-corrected chi connectivity index (χ1v) is 17.8. The topological polar surface area (TPSA) is 141 Å². The number of carbonyl (C=O) groups is 1. The zero-order valence-corrected chi connectivity index (χ0v) is 27.0. The van der Waals surface area contributed by atoms with Crippen molar-refractivity contribution in [1.29, 1.82) is 0 Å². The Morgan fingerprint density at radius 3 is 2.15 bits per heavy atom. The first-order chi connectivity index (χ1) is 23.2. The SMILES string of the molecule is O=C(Nc1ccn([C@H]2C[C@H](OP(O)(O)=S)[C@@H](COC3(c4ccccc4)c4ccccc4Oc4ccccc43)O2)c(=O)n1)c1ccccc1. The van der Waals surface area contributed by atoms with Crippen LogP contribution in [0.4, 0.5) is 5.82 Å². The Labute approximate surface area is 280 Å². The van der Waals surface area contributed by atoms with Gasteiger partial charge in [-0.15, -0.1) is 0 Å². The molecule has 2 aliphatic rings. The van der Waals surface area contributed by atoms with Crippen molar-refractivity contribution >= 4 is 30.3 Å². The fraction of sp³-hybridized carbons (Fsp3) is 0.171. The van der Waals surface area contributed by atoms with Crippen LogP contribution in [0.2, 0.25) is 0 Å². The van der Waals surface area contributed by atoms with Crippen molar-refractivity contribution in [3.05, 3.63) is 154 Å². The van der Waals surface area contributed by atoms with Crippen molar-refractivity contribution in [2.45, 2.75) is 30.5 Å². The van der Waals surface area contributed by atoms with Gasteiger partial charge in [0.15, 0.2) is 5.60 Å². The summed E-state index contributed by atoms with van der Waals surface area (Å²) in [7, 11) is 0. The fourth-order valence-corrected chi connectivity index (χ4v) is 7.08. The van der Waals surface area contributed by atoms with E-state index in [9.17, 15) is 19.4 Å². The molecule has 0 aliphatic carbocycles. The standard InChI is InChI=1S/C35H30N3O8PS/c39-33(23-11-3-1-4-12-23)36-31-19-20-38(34(40)37-31)32-21-29(46-47(41,42)48)30(45-32)22-43-35(24-13-5-2-6-14-24)25-15-7-9-17-27(25)44-28-18-10-8-16-26(28)35/h1-20,29-30,32H,21-22H2,(H2,41,42,48)(H,36,37,39,40)/t29-,30+,32+/m0/s1. The van der Waals surface area contributed by atoms with E-state index in [1.165, 1.54) is 16.8 Å². The minimum Gasteiger partial charge on any atom is -0.457 e. The molecule has 0 bridgehead atoms. The van der Waals surface area contributed by atoms with Crippen LogP contribution in [0.1, 0.15) is 39.7 Å². The zero-order valence-electron chi connectivity index (χ0n) is 25.3. The van der Waals surface area contributed by atoms with Gasteiger partial charge in [-0.2, -0.15) is 4.98 Å². The lowest BCUT2D eigenvalue weighted by molar-refractivity contribution is -0.0941. The number of nitrogens with zero attached hydrogens (tertiary/aromatic N) is 2. The Morgan fingerprint density at radius 2 is 1.52 bits per heavy atom. The largest absolute Gasteiger partial charge is 0.457 e. The number of ether oxygens (including phenoxy) is 3.